The van der Waals surface area contributed by atoms with Crippen molar-refractivity contribution in [1.82, 2.24) is 5.43 Å². The summed E-state index contributed by atoms with van der Waals surface area (Å²) < 4.78 is 21.0. The largest absolute Gasteiger partial charge is 0.493 e. The lowest BCUT2D eigenvalue weighted by Gasteiger charge is -2.08. The topological polar surface area (TPSA) is 99.4 Å². The lowest BCUT2D eigenvalue weighted by atomic mass is 10.1. The number of nitrogens with zero attached hydrogens (tertiary/aromatic N) is 1. The van der Waals surface area contributed by atoms with E-state index in [1.165, 1.54) is 20.4 Å². The molecule has 0 fully saturated rings. The Morgan fingerprint density at radius 1 is 0.968 bits per heavy atom. The molecule has 0 unspecified atom stereocenters. The molecule has 0 saturated heterocycles. The van der Waals surface area contributed by atoms with Gasteiger partial charge in [-0.15, -0.1) is 0 Å². The van der Waals surface area contributed by atoms with E-state index in [1.807, 2.05) is 0 Å². The van der Waals surface area contributed by atoms with Crippen LogP contribution in [0.4, 0.5) is 0 Å². The Kier molecular flexibility index (Phi) is 7.05. The number of furan rings is 1. The number of hydrogen-bond acceptors (Lipinski definition) is 7. The van der Waals surface area contributed by atoms with Crippen LogP contribution in [0.3, 0.4) is 0 Å². The van der Waals surface area contributed by atoms with Crippen molar-refractivity contribution in [1.29, 1.82) is 0 Å². The average Bonchev–Trinajstić information content (AvgIpc) is 3.27. The maximum absolute atomic E-state index is 12.3. The van der Waals surface area contributed by atoms with Gasteiger partial charge >= 0.3 is 5.97 Å². The van der Waals surface area contributed by atoms with E-state index in [0.29, 0.717) is 40.8 Å². The summed E-state index contributed by atoms with van der Waals surface area (Å²) >= 11 is 0. The van der Waals surface area contributed by atoms with Crippen LogP contribution in [-0.4, -0.2) is 38.9 Å². The van der Waals surface area contributed by atoms with E-state index in [9.17, 15) is 9.59 Å². The SMILES string of the molecule is CCOC(=O)c1ccc(-c2ccc(/C=N/NC(=O)c3ccc(OC)c(OC)c3)o2)cc1. The molecule has 3 aromatic rings. The highest BCUT2D eigenvalue weighted by Crippen LogP contribution is 2.27. The maximum Gasteiger partial charge on any atom is 0.338 e. The lowest BCUT2D eigenvalue weighted by Crippen LogP contribution is -2.17. The van der Waals surface area contributed by atoms with Crippen molar-refractivity contribution in [2.45, 2.75) is 6.92 Å². The number of amides is 1. The highest BCUT2D eigenvalue weighted by atomic mass is 16.5. The van der Waals surface area contributed by atoms with Gasteiger partial charge in [0.05, 0.1) is 32.6 Å². The molecule has 0 saturated carbocycles. The Morgan fingerprint density at radius 3 is 2.35 bits per heavy atom. The summed E-state index contributed by atoms with van der Waals surface area (Å²) in [5.74, 6) is 1.26. The predicted molar refractivity (Wildman–Crippen MR) is 115 cm³/mol. The normalized spacial score (nSPS) is 10.7. The first-order valence-corrected chi connectivity index (χ1v) is 9.48. The summed E-state index contributed by atoms with van der Waals surface area (Å²) in [6.45, 7) is 2.08. The molecule has 0 aliphatic rings. The Balaban J connectivity index is 1.63. The smallest absolute Gasteiger partial charge is 0.338 e. The van der Waals surface area contributed by atoms with Crippen molar-refractivity contribution in [2.24, 2.45) is 5.10 Å². The van der Waals surface area contributed by atoms with Gasteiger partial charge in [0.2, 0.25) is 0 Å². The van der Waals surface area contributed by atoms with Gasteiger partial charge in [-0.25, -0.2) is 10.2 Å². The molecule has 8 heteroatoms. The Bertz CT molecular complexity index is 1090. The molecule has 1 N–H and O–H groups in total. The fourth-order valence-corrected chi connectivity index (χ4v) is 2.76. The number of nitrogens with one attached hydrogen (secondary N) is 1. The van der Waals surface area contributed by atoms with Gasteiger partial charge in [-0.05, 0) is 49.4 Å². The molecule has 1 amide bonds. The first-order valence-electron chi connectivity index (χ1n) is 9.48. The van der Waals surface area contributed by atoms with Crippen LogP contribution in [0.2, 0.25) is 0 Å². The molecule has 1 aromatic heterocycles. The van der Waals surface area contributed by atoms with Gasteiger partial charge in [0.15, 0.2) is 11.5 Å². The summed E-state index contributed by atoms with van der Waals surface area (Å²) in [7, 11) is 3.02. The van der Waals surface area contributed by atoms with Crippen LogP contribution in [-0.2, 0) is 4.74 Å². The van der Waals surface area contributed by atoms with E-state index in [-0.39, 0.29) is 5.97 Å². The quantitative estimate of drug-likeness (QED) is 0.336. The number of methoxy groups -OCH3 is 2. The summed E-state index contributed by atoms with van der Waals surface area (Å²) in [6.07, 6.45) is 1.40. The van der Waals surface area contributed by atoms with Crippen molar-refractivity contribution in [3.05, 3.63) is 71.5 Å². The van der Waals surface area contributed by atoms with Crippen molar-refractivity contribution in [2.75, 3.05) is 20.8 Å². The van der Waals surface area contributed by atoms with E-state index in [2.05, 4.69) is 10.5 Å². The van der Waals surface area contributed by atoms with Crippen LogP contribution in [0.25, 0.3) is 11.3 Å². The molecule has 0 bridgehead atoms. The first-order chi connectivity index (χ1) is 15.0. The van der Waals surface area contributed by atoms with Crippen LogP contribution in [0.1, 0.15) is 33.4 Å². The number of hydrogen-bond donors (Lipinski definition) is 1. The van der Waals surface area contributed by atoms with Gasteiger partial charge in [-0.3, -0.25) is 4.79 Å². The molecule has 2 aromatic carbocycles. The third-order valence-corrected chi connectivity index (χ3v) is 4.31. The summed E-state index contributed by atoms with van der Waals surface area (Å²) in [6, 6.07) is 15.2. The molecule has 1 heterocycles. The van der Waals surface area contributed by atoms with Gasteiger partial charge in [-0.1, -0.05) is 12.1 Å². The molecule has 3 rings (SSSR count). The van der Waals surface area contributed by atoms with E-state index >= 15 is 0 Å². The minimum atomic E-state index is -0.404. The first kappa shape index (κ1) is 21.6. The number of esters is 1. The van der Waals surface area contributed by atoms with Crippen LogP contribution >= 0.6 is 0 Å². The molecule has 0 atom stereocenters. The predicted octanol–water partition coefficient (Wildman–Crippen LogP) is 3.90. The van der Waals surface area contributed by atoms with Crippen LogP contribution in [0.5, 0.6) is 11.5 Å². The number of benzene rings is 2. The fraction of sp³-hybridized carbons (Fsp3) is 0.174. The van der Waals surface area contributed by atoms with E-state index in [1.54, 1.807) is 61.5 Å². The number of rotatable bonds is 8. The molecule has 160 valence electrons. The van der Waals surface area contributed by atoms with Gasteiger partial charge in [0.25, 0.3) is 5.91 Å². The molecule has 31 heavy (non-hydrogen) atoms. The number of carbonyl (C=O) groups excluding carboxylic acids is 2. The van der Waals surface area contributed by atoms with Crippen molar-refractivity contribution >= 4 is 18.1 Å². The standard InChI is InChI=1S/C23H22N2O6/c1-4-30-23(27)16-7-5-15(6-8-16)19-12-10-18(31-19)14-24-25-22(26)17-9-11-20(28-2)21(13-17)29-3/h5-14H,4H2,1-3H3,(H,25,26)/b24-14+. The van der Waals surface area contributed by atoms with Crippen LogP contribution in [0, 0.1) is 0 Å². The molecule has 0 aliphatic heterocycles. The highest BCUT2D eigenvalue weighted by molar-refractivity contribution is 5.95. The molecule has 0 radical (unpaired) electrons. The second-order valence-electron chi connectivity index (χ2n) is 6.27. The van der Waals surface area contributed by atoms with E-state index < -0.39 is 5.91 Å². The maximum atomic E-state index is 12.3. The minimum Gasteiger partial charge on any atom is -0.493 e. The van der Waals surface area contributed by atoms with Crippen molar-refractivity contribution in [3.8, 4) is 22.8 Å². The highest BCUT2D eigenvalue weighted by Gasteiger charge is 2.11. The zero-order chi connectivity index (χ0) is 22.2. The Hall–Kier alpha value is -4.07. The number of carbonyl (C=O) groups is 2. The fourth-order valence-electron chi connectivity index (χ4n) is 2.76. The van der Waals surface area contributed by atoms with E-state index in [4.69, 9.17) is 18.6 Å². The number of ether oxygens (including phenoxy) is 3. The molecule has 8 nitrogen and oxygen atoms in total. The molecular weight excluding hydrogens is 400 g/mol. The van der Waals surface area contributed by atoms with Crippen molar-refractivity contribution < 1.29 is 28.2 Å². The third kappa shape index (κ3) is 5.30. The van der Waals surface area contributed by atoms with Gasteiger partial charge in [0, 0.05) is 11.1 Å². The molecule has 0 aliphatic carbocycles. The zero-order valence-electron chi connectivity index (χ0n) is 17.4. The van der Waals surface area contributed by atoms with Gasteiger partial charge in [-0.2, -0.15) is 5.10 Å². The average molecular weight is 422 g/mol. The second-order valence-corrected chi connectivity index (χ2v) is 6.27. The van der Waals surface area contributed by atoms with Crippen molar-refractivity contribution in [3.63, 3.8) is 0 Å². The van der Waals surface area contributed by atoms with Crippen LogP contribution < -0.4 is 14.9 Å². The molecule has 0 spiro atoms. The summed E-state index contributed by atoms with van der Waals surface area (Å²) in [4.78, 5) is 24.0. The van der Waals surface area contributed by atoms with Gasteiger partial charge in [0.1, 0.15) is 11.5 Å². The summed E-state index contributed by atoms with van der Waals surface area (Å²) in [5, 5.41) is 3.93. The molecular formula is C23H22N2O6. The Labute approximate surface area is 179 Å². The van der Waals surface area contributed by atoms with Crippen LogP contribution in [0.15, 0.2) is 64.1 Å². The lowest BCUT2D eigenvalue weighted by molar-refractivity contribution is 0.0526. The summed E-state index contributed by atoms with van der Waals surface area (Å²) in [5.41, 5.74) is 4.07. The third-order valence-electron chi connectivity index (χ3n) is 4.31. The zero-order valence-corrected chi connectivity index (χ0v) is 17.4. The monoisotopic (exact) mass is 422 g/mol. The minimum absolute atomic E-state index is 0.323. The second kappa shape index (κ2) is 10.1. The number of hydrazone groups is 1. The van der Waals surface area contributed by atoms with E-state index in [0.717, 1.165) is 5.56 Å². The Morgan fingerprint density at radius 2 is 1.68 bits per heavy atom. The van der Waals surface area contributed by atoms with Gasteiger partial charge < -0.3 is 18.6 Å².